The molecule has 1 unspecified atom stereocenters. The zero-order chi connectivity index (χ0) is 8.10. The van der Waals surface area contributed by atoms with Crippen LogP contribution in [0, 0.1) is 0 Å². The molecule has 0 N–H and O–H groups in total. The van der Waals surface area contributed by atoms with E-state index in [-0.39, 0.29) is 5.92 Å². The standard InChI is InChI=1S/C8H9N2O/c1-2-7(6-11)8-4-3-5-9-10-8/h3-5,7H,2H2,1H3. The molecule has 1 heterocycles. The van der Waals surface area contributed by atoms with Crippen molar-refractivity contribution < 1.29 is 4.79 Å². The van der Waals surface area contributed by atoms with Gasteiger partial charge in [-0.1, -0.05) is 6.92 Å². The largest absolute Gasteiger partial charge is 0.290 e. The van der Waals surface area contributed by atoms with Gasteiger partial charge in [0.25, 0.3) is 0 Å². The molecule has 0 spiro atoms. The lowest BCUT2D eigenvalue weighted by molar-refractivity contribution is 0.537. The van der Waals surface area contributed by atoms with E-state index < -0.39 is 0 Å². The van der Waals surface area contributed by atoms with Gasteiger partial charge in [-0.25, -0.2) is 0 Å². The van der Waals surface area contributed by atoms with Gasteiger partial charge in [0.1, 0.15) is 0 Å². The van der Waals surface area contributed by atoms with Gasteiger partial charge in [0, 0.05) is 6.20 Å². The second-order valence-corrected chi connectivity index (χ2v) is 2.23. The van der Waals surface area contributed by atoms with E-state index in [0.29, 0.717) is 5.69 Å². The highest BCUT2D eigenvalue weighted by Gasteiger charge is 2.09. The van der Waals surface area contributed by atoms with E-state index >= 15 is 0 Å². The van der Waals surface area contributed by atoms with Crippen LogP contribution in [0.3, 0.4) is 0 Å². The fraction of sp³-hybridized carbons (Fsp3) is 0.375. The van der Waals surface area contributed by atoms with Crippen LogP contribution < -0.4 is 0 Å². The van der Waals surface area contributed by atoms with Crippen LogP contribution >= 0.6 is 0 Å². The second-order valence-electron chi connectivity index (χ2n) is 2.23. The predicted molar refractivity (Wildman–Crippen MR) is 40.8 cm³/mol. The topological polar surface area (TPSA) is 42.9 Å². The van der Waals surface area contributed by atoms with E-state index in [9.17, 15) is 4.79 Å². The SMILES string of the molecule is CCC([C]=O)c1cccnn1. The van der Waals surface area contributed by atoms with Gasteiger partial charge in [-0.05, 0) is 18.6 Å². The minimum Gasteiger partial charge on any atom is -0.290 e. The average Bonchev–Trinajstić information content (AvgIpc) is 2.09. The van der Waals surface area contributed by atoms with E-state index in [1.54, 1.807) is 18.3 Å². The van der Waals surface area contributed by atoms with Gasteiger partial charge in [0.2, 0.25) is 6.29 Å². The Kier molecular flexibility index (Phi) is 2.72. The van der Waals surface area contributed by atoms with E-state index in [1.807, 2.05) is 13.2 Å². The lowest BCUT2D eigenvalue weighted by atomic mass is 10.0. The Morgan fingerprint density at radius 1 is 1.73 bits per heavy atom. The number of nitrogens with zero attached hydrogens (tertiary/aromatic N) is 2. The fourth-order valence-corrected chi connectivity index (χ4v) is 0.852. The molecule has 0 saturated heterocycles. The summed E-state index contributed by atoms with van der Waals surface area (Å²) in [6, 6.07) is 3.55. The number of rotatable bonds is 3. The molecule has 0 aliphatic carbocycles. The first kappa shape index (κ1) is 7.85. The summed E-state index contributed by atoms with van der Waals surface area (Å²) >= 11 is 0. The van der Waals surface area contributed by atoms with Crippen molar-refractivity contribution in [2.75, 3.05) is 0 Å². The Morgan fingerprint density at radius 2 is 2.55 bits per heavy atom. The summed E-state index contributed by atoms with van der Waals surface area (Å²) in [6.07, 6.45) is 4.22. The van der Waals surface area contributed by atoms with Crippen LogP contribution in [-0.4, -0.2) is 16.5 Å². The smallest absolute Gasteiger partial charge is 0.208 e. The molecule has 1 rings (SSSR count). The van der Waals surface area contributed by atoms with Crippen LogP contribution in [-0.2, 0) is 4.79 Å². The van der Waals surface area contributed by atoms with Crippen LogP contribution in [0.1, 0.15) is 25.0 Å². The van der Waals surface area contributed by atoms with Crippen molar-refractivity contribution in [3.05, 3.63) is 24.0 Å². The molecule has 0 aliphatic heterocycles. The summed E-state index contributed by atoms with van der Waals surface area (Å²) in [7, 11) is 0. The highest BCUT2D eigenvalue weighted by Crippen LogP contribution is 2.11. The van der Waals surface area contributed by atoms with E-state index in [0.717, 1.165) is 6.42 Å². The molecule has 3 heteroatoms. The van der Waals surface area contributed by atoms with E-state index in [4.69, 9.17) is 0 Å². The van der Waals surface area contributed by atoms with Crippen LogP contribution in [0.15, 0.2) is 18.3 Å². The quantitative estimate of drug-likeness (QED) is 0.645. The van der Waals surface area contributed by atoms with Crippen LogP contribution in [0.25, 0.3) is 0 Å². The molecule has 3 nitrogen and oxygen atoms in total. The first-order valence-corrected chi connectivity index (χ1v) is 3.53. The molecule has 0 fully saturated rings. The first-order chi connectivity index (χ1) is 5.38. The maximum atomic E-state index is 10.3. The average molecular weight is 149 g/mol. The van der Waals surface area contributed by atoms with Crippen molar-refractivity contribution in [3.63, 3.8) is 0 Å². The third-order valence-electron chi connectivity index (χ3n) is 1.50. The molecule has 1 radical (unpaired) electrons. The minimum atomic E-state index is -0.219. The van der Waals surface area contributed by atoms with Gasteiger partial charge in [-0.2, -0.15) is 10.2 Å². The van der Waals surface area contributed by atoms with Crippen molar-refractivity contribution in [1.82, 2.24) is 10.2 Å². The summed E-state index contributed by atoms with van der Waals surface area (Å²) in [4.78, 5) is 10.3. The number of carbonyl (C=O) groups excluding carboxylic acids is 1. The molecule has 0 aromatic carbocycles. The molecule has 1 aromatic heterocycles. The second kappa shape index (κ2) is 3.81. The molecule has 0 amide bonds. The zero-order valence-corrected chi connectivity index (χ0v) is 6.32. The van der Waals surface area contributed by atoms with Crippen molar-refractivity contribution in [3.8, 4) is 0 Å². The number of aromatic nitrogens is 2. The van der Waals surface area contributed by atoms with Crippen molar-refractivity contribution in [2.45, 2.75) is 19.3 Å². The summed E-state index contributed by atoms with van der Waals surface area (Å²) in [5.41, 5.74) is 0.699. The number of hydrogen-bond acceptors (Lipinski definition) is 3. The van der Waals surface area contributed by atoms with Crippen molar-refractivity contribution >= 4 is 6.29 Å². The molecule has 0 bridgehead atoms. The van der Waals surface area contributed by atoms with Gasteiger partial charge in [0.05, 0.1) is 11.6 Å². The Labute approximate surface area is 65.5 Å². The molecule has 57 valence electrons. The summed E-state index contributed by atoms with van der Waals surface area (Å²) in [5.74, 6) is -0.219. The van der Waals surface area contributed by atoms with Gasteiger partial charge in [0.15, 0.2) is 0 Å². The Balaban J connectivity index is 2.82. The number of hydrogen-bond donors (Lipinski definition) is 0. The fourth-order valence-electron chi connectivity index (χ4n) is 0.852. The van der Waals surface area contributed by atoms with Crippen LogP contribution in [0.5, 0.6) is 0 Å². The lowest BCUT2D eigenvalue weighted by Crippen LogP contribution is -2.01. The lowest BCUT2D eigenvalue weighted by Gasteiger charge is -2.01. The third kappa shape index (κ3) is 1.83. The third-order valence-corrected chi connectivity index (χ3v) is 1.50. The molecular weight excluding hydrogens is 140 g/mol. The Bertz CT molecular complexity index is 223. The first-order valence-electron chi connectivity index (χ1n) is 3.53. The molecule has 11 heavy (non-hydrogen) atoms. The molecule has 0 aliphatic rings. The molecule has 1 aromatic rings. The van der Waals surface area contributed by atoms with Crippen LogP contribution in [0.4, 0.5) is 0 Å². The predicted octanol–water partition coefficient (Wildman–Crippen LogP) is 1.08. The van der Waals surface area contributed by atoms with Gasteiger partial charge in [-0.3, -0.25) is 4.79 Å². The highest BCUT2D eigenvalue weighted by atomic mass is 16.1. The van der Waals surface area contributed by atoms with Gasteiger partial charge in [-0.15, -0.1) is 0 Å². The monoisotopic (exact) mass is 149 g/mol. The summed E-state index contributed by atoms with van der Waals surface area (Å²) < 4.78 is 0. The van der Waals surface area contributed by atoms with Gasteiger partial charge >= 0.3 is 0 Å². The summed E-state index contributed by atoms with van der Waals surface area (Å²) in [5, 5.41) is 7.48. The molecular formula is C8H9N2O. The minimum absolute atomic E-state index is 0.219. The van der Waals surface area contributed by atoms with E-state index in [1.165, 1.54) is 0 Å². The van der Waals surface area contributed by atoms with Crippen LogP contribution in [0.2, 0.25) is 0 Å². The van der Waals surface area contributed by atoms with E-state index in [2.05, 4.69) is 10.2 Å². The summed E-state index contributed by atoms with van der Waals surface area (Å²) in [6.45, 7) is 1.92. The molecule has 0 saturated carbocycles. The maximum absolute atomic E-state index is 10.3. The Morgan fingerprint density at radius 3 is 3.00 bits per heavy atom. The molecule has 1 atom stereocenters. The van der Waals surface area contributed by atoms with Crippen molar-refractivity contribution in [2.24, 2.45) is 0 Å². The normalized spacial score (nSPS) is 12.5. The Hall–Kier alpha value is -1.25. The van der Waals surface area contributed by atoms with Gasteiger partial charge < -0.3 is 0 Å². The maximum Gasteiger partial charge on any atom is 0.208 e. The highest BCUT2D eigenvalue weighted by molar-refractivity contribution is 5.61. The van der Waals surface area contributed by atoms with Crippen molar-refractivity contribution in [1.29, 1.82) is 0 Å². The zero-order valence-electron chi connectivity index (χ0n) is 6.32.